The highest BCUT2D eigenvalue weighted by molar-refractivity contribution is 5.83. The summed E-state index contributed by atoms with van der Waals surface area (Å²) in [5.41, 5.74) is -2.81. The van der Waals surface area contributed by atoms with Crippen molar-refractivity contribution in [3.05, 3.63) is 0 Å². The van der Waals surface area contributed by atoms with E-state index in [0.29, 0.717) is 0 Å². The summed E-state index contributed by atoms with van der Waals surface area (Å²) in [6.45, 7) is 10.6. The zero-order valence-electron chi connectivity index (χ0n) is 13.1. The summed E-state index contributed by atoms with van der Waals surface area (Å²) in [7, 11) is 0. The predicted octanol–water partition coefficient (Wildman–Crippen LogP) is 1.86. The van der Waals surface area contributed by atoms with Crippen LogP contribution in [0.4, 0.5) is 4.79 Å². The van der Waals surface area contributed by atoms with E-state index < -0.39 is 34.7 Å². The number of carbonyl (C=O) groups excluding carboxylic acids is 1. The summed E-state index contributed by atoms with van der Waals surface area (Å²) in [6, 6.07) is -1.20. The Kier molecular flexibility index (Phi) is 4.11. The average Bonchev–Trinajstić information content (AvgIpc) is 2.53. The fraction of sp³-hybridized carbons (Fsp3) is 0.857. The second kappa shape index (κ2) is 4.91. The van der Waals surface area contributed by atoms with Gasteiger partial charge in [-0.05, 0) is 32.6 Å². The van der Waals surface area contributed by atoms with Crippen LogP contribution in [0.2, 0.25) is 0 Å². The smallest absolute Gasteiger partial charge is 0.408 e. The fourth-order valence-corrected chi connectivity index (χ4v) is 2.49. The number of likely N-dealkylation sites (tertiary alicyclic amines) is 1. The molecular weight excluding hydrogens is 262 g/mol. The van der Waals surface area contributed by atoms with Crippen molar-refractivity contribution in [2.24, 2.45) is 5.41 Å². The van der Waals surface area contributed by atoms with Crippen molar-refractivity contribution in [2.75, 3.05) is 6.54 Å². The third-order valence-electron chi connectivity index (χ3n) is 3.67. The molecule has 2 unspecified atom stereocenters. The number of carboxylic acid groups (broad SMARTS) is 1. The lowest BCUT2D eigenvalue weighted by Crippen LogP contribution is -2.58. The Morgan fingerprint density at radius 2 is 1.70 bits per heavy atom. The molecule has 1 saturated heterocycles. The molecule has 1 amide bonds. The van der Waals surface area contributed by atoms with Gasteiger partial charge in [-0.1, -0.05) is 20.8 Å². The SMILES string of the molecule is CC(C)(C)OC(=O)C1N(C(=O)O)CCC1(O)C(C)(C)C. The van der Waals surface area contributed by atoms with Gasteiger partial charge < -0.3 is 14.9 Å². The molecule has 116 valence electrons. The zero-order valence-corrected chi connectivity index (χ0v) is 13.1. The molecule has 1 aliphatic rings. The molecule has 1 heterocycles. The molecular formula is C14H25NO5. The van der Waals surface area contributed by atoms with Gasteiger partial charge >= 0.3 is 12.1 Å². The van der Waals surface area contributed by atoms with Crippen LogP contribution in [0.1, 0.15) is 48.0 Å². The standard InChI is InChI=1S/C14H25NO5/c1-12(2,3)14(19)7-8-15(11(17)18)9(14)10(16)20-13(4,5)6/h9,19H,7-8H2,1-6H3,(H,17,18). The first-order valence-electron chi connectivity index (χ1n) is 6.74. The summed E-state index contributed by atoms with van der Waals surface area (Å²) in [5.74, 6) is -0.699. The molecule has 0 aliphatic carbocycles. The first-order valence-corrected chi connectivity index (χ1v) is 6.74. The third kappa shape index (κ3) is 3.06. The molecule has 0 saturated carbocycles. The summed E-state index contributed by atoms with van der Waals surface area (Å²) in [4.78, 5) is 24.6. The van der Waals surface area contributed by atoms with Crippen LogP contribution in [-0.2, 0) is 9.53 Å². The van der Waals surface area contributed by atoms with Gasteiger partial charge in [-0.2, -0.15) is 0 Å². The highest BCUT2D eigenvalue weighted by atomic mass is 16.6. The molecule has 2 N–H and O–H groups in total. The number of rotatable bonds is 1. The van der Waals surface area contributed by atoms with Crippen LogP contribution in [0.3, 0.4) is 0 Å². The Morgan fingerprint density at radius 3 is 2.05 bits per heavy atom. The van der Waals surface area contributed by atoms with Crippen molar-refractivity contribution in [1.29, 1.82) is 0 Å². The maximum absolute atomic E-state index is 12.4. The molecule has 20 heavy (non-hydrogen) atoms. The Labute approximate surface area is 119 Å². The Hall–Kier alpha value is -1.30. The van der Waals surface area contributed by atoms with Crippen LogP contribution >= 0.6 is 0 Å². The minimum atomic E-state index is -1.44. The van der Waals surface area contributed by atoms with Crippen molar-refractivity contribution in [3.8, 4) is 0 Å². The molecule has 1 rings (SSSR count). The molecule has 1 aliphatic heterocycles. The molecule has 6 nitrogen and oxygen atoms in total. The minimum absolute atomic E-state index is 0.118. The average molecular weight is 287 g/mol. The summed E-state index contributed by atoms with van der Waals surface area (Å²) < 4.78 is 5.29. The van der Waals surface area contributed by atoms with Gasteiger partial charge in [-0.25, -0.2) is 9.59 Å². The molecule has 0 aromatic heterocycles. The highest BCUT2D eigenvalue weighted by Gasteiger charge is 2.59. The number of aliphatic hydroxyl groups is 1. The molecule has 0 radical (unpaired) electrons. The Balaban J connectivity index is 3.17. The minimum Gasteiger partial charge on any atom is -0.465 e. The van der Waals surface area contributed by atoms with Crippen LogP contribution < -0.4 is 0 Å². The van der Waals surface area contributed by atoms with Crippen LogP contribution in [0.15, 0.2) is 0 Å². The highest BCUT2D eigenvalue weighted by Crippen LogP contribution is 2.43. The molecule has 1 fully saturated rings. The number of esters is 1. The molecule has 0 spiro atoms. The van der Waals surface area contributed by atoms with E-state index in [1.165, 1.54) is 0 Å². The normalized spacial score (nSPS) is 27.6. The lowest BCUT2D eigenvalue weighted by molar-refractivity contribution is -0.173. The number of amides is 1. The molecule has 2 atom stereocenters. The van der Waals surface area contributed by atoms with Gasteiger partial charge in [-0.3, -0.25) is 4.90 Å². The van der Waals surface area contributed by atoms with E-state index >= 15 is 0 Å². The van der Waals surface area contributed by atoms with Crippen molar-refractivity contribution < 1.29 is 24.5 Å². The quantitative estimate of drug-likeness (QED) is 0.719. The maximum atomic E-state index is 12.4. The molecule has 0 aromatic rings. The van der Waals surface area contributed by atoms with E-state index in [2.05, 4.69) is 0 Å². The van der Waals surface area contributed by atoms with E-state index in [9.17, 15) is 19.8 Å². The largest absolute Gasteiger partial charge is 0.465 e. The van der Waals surface area contributed by atoms with Crippen LogP contribution in [-0.4, -0.2) is 51.0 Å². The van der Waals surface area contributed by atoms with Gasteiger partial charge in [0, 0.05) is 6.54 Å². The molecule has 0 aromatic carbocycles. The first kappa shape index (κ1) is 16.8. The van der Waals surface area contributed by atoms with Crippen LogP contribution in [0.5, 0.6) is 0 Å². The van der Waals surface area contributed by atoms with E-state index in [4.69, 9.17) is 4.74 Å². The molecule has 0 bridgehead atoms. The van der Waals surface area contributed by atoms with Gasteiger partial charge in [-0.15, -0.1) is 0 Å². The maximum Gasteiger partial charge on any atom is 0.408 e. The lowest BCUT2D eigenvalue weighted by Gasteiger charge is -2.41. The molecule has 6 heteroatoms. The first-order chi connectivity index (χ1) is 8.79. The van der Waals surface area contributed by atoms with E-state index in [1.54, 1.807) is 41.5 Å². The Morgan fingerprint density at radius 1 is 1.20 bits per heavy atom. The number of ether oxygens (including phenoxy) is 1. The Bertz CT molecular complexity index is 407. The van der Waals surface area contributed by atoms with Gasteiger partial charge in [0.25, 0.3) is 0 Å². The van der Waals surface area contributed by atoms with E-state index in [-0.39, 0.29) is 13.0 Å². The summed E-state index contributed by atoms with van der Waals surface area (Å²) in [6.07, 6.45) is -1.01. The van der Waals surface area contributed by atoms with Gasteiger partial charge in [0.15, 0.2) is 6.04 Å². The van der Waals surface area contributed by atoms with Crippen molar-refractivity contribution >= 4 is 12.1 Å². The van der Waals surface area contributed by atoms with Crippen molar-refractivity contribution in [1.82, 2.24) is 4.90 Å². The van der Waals surface area contributed by atoms with Gasteiger partial charge in [0.2, 0.25) is 0 Å². The lowest BCUT2D eigenvalue weighted by atomic mass is 9.72. The topological polar surface area (TPSA) is 87.1 Å². The number of carbonyl (C=O) groups is 2. The fourth-order valence-electron chi connectivity index (χ4n) is 2.49. The second-order valence-electron chi connectivity index (χ2n) is 7.34. The number of nitrogens with zero attached hydrogens (tertiary/aromatic N) is 1. The summed E-state index contributed by atoms with van der Waals surface area (Å²) >= 11 is 0. The van der Waals surface area contributed by atoms with Gasteiger partial charge in [0.05, 0.1) is 0 Å². The van der Waals surface area contributed by atoms with Crippen molar-refractivity contribution in [3.63, 3.8) is 0 Å². The van der Waals surface area contributed by atoms with Crippen molar-refractivity contribution in [2.45, 2.75) is 65.2 Å². The van der Waals surface area contributed by atoms with Crippen LogP contribution in [0.25, 0.3) is 0 Å². The number of hydrogen-bond donors (Lipinski definition) is 2. The second-order valence-corrected chi connectivity index (χ2v) is 7.34. The monoisotopic (exact) mass is 287 g/mol. The number of hydrogen-bond acceptors (Lipinski definition) is 4. The van der Waals surface area contributed by atoms with Crippen LogP contribution in [0, 0.1) is 5.41 Å². The predicted molar refractivity (Wildman–Crippen MR) is 73.4 cm³/mol. The van der Waals surface area contributed by atoms with E-state index in [0.717, 1.165) is 4.90 Å². The van der Waals surface area contributed by atoms with E-state index in [1.807, 2.05) is 0 Å². The van der Waals surface area contributed by atoms with Gasteiger partial charge in [0.1, 0.15) is 11.2 Å². The zero-order chi connectivity index (χ0) is 15.9. The third-order valence-corrected chi connectivity index (χ3v) is 3.67. The summed E-state index contributed by atoms with van der Waals surface area (Å²) in [5, 5.41) is 20.1.